The van der Waals surface area contributed by atoms with E-state index in [0.717, 1.165) is 116 Å². The summed E-state index contributed by atoms with van der Waals surface area (Å²) in [7, 11) is 0. The molecule has 65 heavy (non-hydrogen) atoms. The van der Waals surface area contributed by atoms with E-state index in [1.54, 1.807) is 0 Å². The maximum absolute atomic E-state index is 9.09. The van der Waals surface area contributed by atoms with Crippen molar-refractivity contribution in [2.75, 3.05) is 0 Å². The molecule has 0 amide bonds. The lowest BCUT2D eigenvalue weighted by molar-refractivity contribution is 0.670. The summed E-state index contributed by atoms with van der Waals surface area (Å²) >= 11 is 0. The van der Waals surface area contributed by atoms with E-state index >= 15 is 0 Å². The van der Waals surface area contributed by atoms with Crippen LogP contribution in [0.1, 0.15) is 0 Å². The molecule has 0 atom stereocenters. The zero-order valence-electron chi connectivity index (χ0n) is 35.1. The molecule has 302 valence electrons. The summed E-state index contributed by atoms with van der Waals surface area (Å²) in [6, 6.07) is 79.8. The summed E-state index contributed by atoms with van der Waals surface area (Å²) < 4.78 is 11.4. The molecular weight excluding hydrogens is 791 g/mol. The Labute approximate surface area is 374 Å². The highest BCUT2D eigenvalue weighted by atomic mass is 16.3. The van der Waals surface area contributed by atoms with Crippen LogP contribution in [0, 0.1) is 6.57 Å². The molecule has 13 aromatic rings. The molecule has 13 rings (SSSR count). The Kier molecular flexibility index (Phi) is 8.24. The second kappa shape index (κ2) is 14.6. The van der Waals surface area contributed by atoms with Crippen LogP contribution in [0.4, 0.5) is 5.69 Å². The van der Waals surface area contributed by atoms with E-state index < -0.39 is 0 Å². The summed E-state index contributed by atoms with van der Waals surface area (Å²) in [4.78, 5) is 4.45. The van der Waals surface area contributed by atoms with Gasteiger partial charge in [0, 0.05) is 32.3 Å². The van der Waals surface area contributed by atoms with Gasteiger partial charge in [-0.3, -0.25) is 0 Å². The van der Waals surface area contributed by atoms with E-state index in [1.807, 2.05) is 18.2 Å². The quantitative estimate of drug-likeness (QED) is 0.153. The van der Waals surface area contributed by atoms with Crippen molar-refractivity contribution < 1.29 is 4.42 Å². The fourth-order valence-electron chi connectivity index (χ4n) is 10.1. The van der Waals surface area contributed by atoms with Crippen molar-refractivity contribution in [3.8, 4) is 55.9 Å². The highest BCUT2D eigenvalue weighted by Crippen LogP contribution is 2.48. The van der Waals surface area contributed by atoms with Crippen molar-refractivity contribution in [3.05, 3.63) is 236 Å². The maximum atomic E-state index is 9.09. The number of rotatable bonds is 6. The molecule has 0 fully saturated rings. The molecule has 3 aromatic heterocycles. The van der Waals surface area contributed by atoms with Gasteiger partial charge in [-0.25, -0.2) is 4.85 Å². The third kappa shape index (κ3) is 5.77. The number of hydrogen-bond acceptors (Lipinski definition) is 1. The predicted molar refractivity (Wildman–Crippen MR) is 270 cm³/mol. The van der Waals surface area contributed by atoms with Gasteiger partial charge in [0.1, 0.15) is 11.2 Å². The van der Waals surface area contributed by atoms with Gasteiger partial charge < -0.3 is 13.6 Å². The van der Waals surface area contributed by atoms with E-state index in [2.05, 4.69) is 220 Å². The van der Waals surface area contributed by atoms with E-state index in [9.17, 15) is 0 Å². The number of hydrogen-bond donors (Lipinski definition) is 0. The van der Waals surface area contributed by atoms with Gasteiger partial charge in [0.05, 0.1) is 40.0 Å². The molecule has 0 spiro atoms. The number of para-hydroxylation sites is 1. The molecule has 0 aliphatic carbocycles. The summed E-state index contributed by atoms with van der Waals surface area (Å²) in [5.74, 6) is 0. The smallest absolute Gasteiger partial charge is 0.254 e. The third-order valence-corrected chi connectivity index (χ3v) is 13.1. The lowest BCUT2D eigenvalue weighted by Crippen LogP contribution is -2.04. The Balaban J connectivity index is 1.19. The van der Waals surface area contributed by atoms with Crippen molar-refractivity contribution in [1.29, 1.82) is 0 Å². The molecule has 3 heterocycles. The molecule has 10 aromatic carbocycles. The normalized spacial score (nSPS) is 11.7. The Hall–Kier alpha value is -8.91. The molecule has 0 aliphatic rings. The molecule has 4 nitrogen and oxygen atoms in total. The van der Waals surface area contributed by atoms with Gasteiger partial charge in [0.15, 0.2) is 0 Å². The minimum absolute atomic E-state index is 0.462. The Morgan fingerprint density at radius 1 is 0.323 bits per heavy atom. The van der Waals surface area contributed by atoms with Gasteiger partial charge in [-0.2, -0.15) is 0 Å². The Morgan fingerprint density at radius 2 is 0.692 bits per heavy atom. The summed E-state index contributed by atoms with van der Waals surface area (Å²) in [5, 5.41) is 6.35. The van der Waals surface area contributed by atoms with Crippen molar-refractivity contribution in [2.24, 2.45) is 0 Å². The van der Waals surface area contributed by atoms with E-state index in [4.69, 9.17) is 11.0 Å². The van der Waals surface area contributed by atoms with Crippen LogP contribution in [-0.4, -0.2) is 9.13 Å². The van der Waals surface area contributed by atoms with Gasteiger partial charge in [0.25, 0.3) is 5.69 Å². The Bertz CT molecular complexity index is 3850. The van der Waals surface area contributed by atoms with Crippen molar-refractivity contribution in [2.45, 2.75) is 0 Å². The first-order chi connectivity index (χ1) is 32.2. The van der Waals surface area contributed by atoms with Crippen LogP contribution in [0.3, 0.4) is 0 Å². The molecular formula is C61H37N3O. The highest BCUT2D eigenvalue weighted by Gasteiger charge is 2.27. The molecule has 0 aliphatic heterocycles. The van der Waals surface area contributed by atoms with Crippen LogP contribution in [0.15, 0.2) is 229 Å². The van der Waals surface area contributed by atoms with E-state index in [1.165, 1.54) is 0 Å². The summed E-state index contributed by atoms with van der Waals surface area (Å²) in [6.07, 6.45) is 0. The number of aromatic nitrogens is 2. The number of nitrogens with zero attached hydrogens (tertiary/aromatic N) is 3. The minimum Gasteiger partial charge on any atom is -0.467 e. The van der Waals surface area contributed by atoms with Crippen LogP contribution in [0.5, 0.6) is 0 Å². The zero-order chi connectivity index (χ0) is 43.0. The molecule has 0 radical (unpaired) electrons. The van der Waals surface area contributed by atoms with Gasteiger partial charge in [-0.1, -0.05) is 164 Å². The number of furan rings is 1. The van der Waals surface area contributed by atoms with Crippen LogP contribution in [0.25, 0.3) is 126 Å². The second-order valence-corrected chi connectivity index (χ2v) is 16.7. The summed E-state index contributed by atoms with van der Waals surface area (Å²) in [5.41, 5.74) is 16.7. The summed E-state index contributed by atoms with van der Waals surface area (Å²) in [6.45, 7) is 9.09. The van der Waals surface area contributed by atoms with Crippen molar-refractivity contribution in [3.63, 3.8) is 0 Å². The van der Waals surface area contributed by atoms with Gasteiger partial charge in [0.2, 0.25) is 0 Å². The fraction of sp³-hybridized carbons (Fsp3) is 0. The zero-order valence-corrected chi connectivity index (χ0v) is 35.1. The topological polar surface area (TPSA) is 27.4 Å². The van der Waals surface area contributed by atoms with E-state index in [0.29, 0.717) is 11.3 Å². The minimum atomic E-state index is 0.462. The maximum Gasteiger partial charge on any atom is 0.254 e. The van der Waals surface area contributed by atoms with Crippen molar-refractivity contribution >= 4 is 71.2 Å². The monoisotopic (exact) mass is 827 g/mol. The van der Waals surface area contributed by atoms with Gasteiger partial charge >= 0.3 is 0 Å². The molecule has 0 saturated carbocycles. The van der Waals surface area contributed by atoms with Crippen LogP contribution in [0.2, 0.25) is 0 Å². The predicted octanol–water partition coefficient (Wildman–Crippen LogP) is 17.0. The first-order valence-electron chi connectivity index (χ1n) is 21.9. The molecule has 0 saturated heterocycles. The molecule has 0 bridgehead atoms. The average molecular weight is 828 g/mol. The first-order valence-corrected chi connectivity index (χ1v) is 21.9. The third-order valence-electron chi connectivity index (χ3n) is 13.1. The Morgan fingerprint density at radius 3 is 1.09 bits per heavy atom. The number of fused-ring (bicyclic) bond motifs is 9. The standard InChI is InChI=1S/C61H37N3O/c1-62-59-60(64-55-32-28-45(41-20-10-4-11-21-41)36-50(55)51-37-46(29-33-56(51)64)42-22-12-5-13-23-42)57(38-52-47-24-14-15-25-58(47)65-61(52)59)63-53-30-26-43(39-16-6-2-7-17-39)34-48(53)49-35-44(27-31-54(49)63)40-18-8-3-9-19-40/h2-38H. The highest BCUT2D eigenvalue weighted by molar-refractivity contribution is 6.18. The largest absolute Gasteiger partial charge is 0.467 e. The molecule has 0 unspecified atom stereocenters. The number of benzene rings is 10. The van der Waals surface area contributed by atoms with Crippen molar-refractivity contribution in [1.82, 2.24) is 9.13 Å². The van der Waals surface area contributed by atoms with E-state index in [-0.39, 0.29) is 0 Å². The molecule has 0 N–H and O–H groups in total. The first kappa shape index (κ1) is 36.7. The lowest BCUT2D eigenvalue weighted by atomic mass is 10.0. The van der Waals surface area contributed by atoms with Gasteiger partial charge in [-0.05, 0) is 105 Å². The lowest BCUT2D eigenvalue weighted by Gasteiger charge is -2.19. The van der Waals surface area contributed by atoms with Crippen LogP contribution in [-0.2, 0) is 0 Å². The fourth-order valence-corrected chi connectivity index (χ4v) is 10.1. The van der Waals surface area contributed by atoms with Crippen LogP contribution < -0.4 is 0 Å². The average Bonchev–Trinajstić information content (AvgIpc) is 4.03. The van der Waals surface area contributed by atoms with Gasteiger partial charge in [-0.15, -0.1) is 0 Å². The van der Waals surface area contributed by atoms with Crippen LogP contribution >= 0.6 is 0 Å². The molecule has 4 heteroatoms. The SMILES string of the molecule is [C-]#[N+]c1c(-n2c3ccc(-c4ccccc4)cc3c3cc(-c4ccccc4)ccc32)c(-n2c3ccc(-c4ccccc4)cc3c3cc(-c4ccccc4)ccc32)cc2c1oc1ccccc12. The second-order valence-electron chi connectivity index (χ2n) is 16.7.